The average molecular weight is 610 g/mol. The Morgan fingerprint density at radius 2 is 1.89 bits per heavy atom. The molecule has 9 heteroatoms. The van der Waals surface area contributed by atoms with Crippen LogP contribution in [0.3, 0.4) is 0 Å². The third-order valence-corrected chi connectivity index (χ3v) is 11.7. The number of hydrogen-bond donors (Lipinski definition) is 6. The van der Waals surface area contributed by atoms with E-state index >= 15 is 0 Å². The third kappa shape index (κ3) is 6.30. The minimum Gasteiger partial charge on any atom is -0.508 e. The van der Waals surface area contributed by atoms with Crippen molar-refractivity contribution in [2.24, 2.45) is 23.2 Å². The number of nitrogens with zero attached hydrogens (tertiary/aromatic N) is 1. The van der Waals surface area contributed by atoms with E-state index < -0.39 is 24.4 Å². The first kappa shape index (κ1) is 31.5. The number of aromatic hydroxyl groups is 1. The highest BCUT2D eigenvalue weighted by molar-refractivity contribution is 5.75. The number of carbonyl (C=O) groups is 1. The van der Waals surface area contributed by atoms with Gasteiger partial charge in [0.15, 0.2) is 0 Å². The number of unbranched alkanes of at least 4 members (excludes halogenated alkanes) is 5. The Hall–Kier alpha value is -2.46. The highest BCUT2D eigenvalue weighted by atomic mass is 16.5. The smallest absolute Gasteiger partial charge is 0.220 e. The molecule has 2 heterocycles. The number of aliphatic hydroxyl groups excluding tert-OH is 3. The number of aryl methyl sites for hydroxylation is 1. The van der Waals surface area contributed by atoms with Crippen molar-refractivity contribution in [2.45, 2.75) is 127 Å². The third-order valence-electron chi connectivity index (χ3n) is 11.7. The fourth-order valence-corrected chi connectivity index (χ4v) is 9.30. The Balaban J connectivity index is 0.854. The van der Waals surface area contributed by atoms with E-state index in [-0.39, 0.29) is 24.0 Å². The molecule has 0 radical (unpaired) electrons. The van der Waals surface area contributed by atoms with E-state index in [0.717, 1.165) is 70.6 Å². The summed E-state index contributed by atoms with van der Waals surface area (Å²) >= 11 is 0. The number of benzene rings is 1. The fourth-order valence-electron chi connectivity index (χ4n) is 9.30. The largest absolute Gasteiger partial charge is 0.508 e. The Bertz CT molecular complexity index is 1260. The van der Waals surface area contributed by atoms with Gasteiger partial charge in [-0.3, -0.25) is 4.79 Å². The molecule has 1 aromatic carbocycles. The molecule has 1 amide bonds. The molecular weight excluding hydrogens is 558 g/mol. The molecule has 2 aromatic rings. The summed E-state index contributed by atoms with van der Waals surface area (Å²) in [5, 5.41) is 44.9. The van der Waals surface area contributed by atoms with E-state index in [4.69, 9.17) is 4.74 Å². The van der Waals surface area contributed by atoms with Crippen molar-refractivity contribution in [1.82, 2.24) is 15.3 Å². The average Bonchev–Trinajstić information content (AvgIpc) is 3.71. The quantitative estimate of drug-likeness (QED) is 0.192. The topological polar surface area (TPSA) is 148 Å². The molecule has 4 aliphatic rings. The molecule has 2 saturated carbocycles. The number of aliphatic hydroxyl groups is 3. The number of aromatic amines is 1. The Morgan fingerprint density at radius 1 is 1.09 bits per heavy atom. The molecule has 1 saturated heterocycles. The number of hydrogen-bond acceptors (Lipinski definition) is 7. The van der Waals surface area contributed by atoms with Crippen molar-refractivity contribution in [1.29, 1.82) is 0 Å². The van der Waals surface area contributed by atoms with Gasteiger partial charge in [-0.05, 0) is 97.3 Å². The van der Waals surface area contributed by atoms with Gasteiger partial charge in [0.1, 0.15) is 30.2 Å². The van der Waals surface area contributed by atoms with E-state index in [2.05, 4.69) is 28.3 Å². The van der Waals surface area contributed by atoms with Crippen LogP contribution in [-0.4, -0.2) is 67.3 Å². The molecule has 10 atom stereocenters. The molecule has 0 spiro atoms. The van der Waals surface area contributed by atoms with Gasteiger partial charge in [-0.2, -0.15) is 0 Å². The molecule has 6 rings (SSSR count). The number of amides is 1. The summed E-state index contributed by atoms with van der Waals surface area (Å²) in [6.07, 6.45) is 12.9. The van der Waals surface area contributed by atoms with Gasteiger partial charge in [0.25, 0.3) is 0 Å². The number of phenolic OH excluding ortho intramolecular Hbond substituents is 1. The summed E-state index contributed by atoms with van der Waals surface area (Å²) in [6, 6.07) is 5.96. The summed E-state index contributed by atoms with van der Waals surface area (Å²) in [5.74, 6) is 2.50. The first-order chi connectivity index (χ1) is 21.3. The van der Waals surface area contributed by atoms with Crippen molar-refractivity contribution >= 4 is 5.91 Å². The van der Waals surface area contributed by atoms with Crippen LogP contribution >= 0.6 is 0 Å². The number of rotatable bonds is 12. The minimum absolute atomic E-state index is 0.0318. The standard InChI is InChI=1S/C35H51N3O6/c1-35-15-14-25-24-13-11-23(39)16-21(24)10-12-26(25)27(35)17-22(34(35)43)8-6-4-2-3-5-7-9-30(40)37-19-29-31(41)32(42)33(44-29)28-18-36-20-38-28/h11,13,16,18,20,22,25-27,29,31-34,39,41-43H,2-10,12,14-15,17,19H2,1H3,(H,36,38)(H,37,40)/t22-,25?,26?,27?,29+,31+,32+,33-,34-,35-/m0/s1. The van der Waals surface area contributed by atoms with E-state index in [1.54, 1.807) is 6.20 Å². The van der Waals surface area contributed by atoms with Crippen LogP contribution < -0.4 is 5.32 Å². The maximum absolute atomic E-state index is 12.3. The summed E-state index contributed by atoms with van der Waals surface area (Å²) in [6.45, 7) is 2.51. The Morgan fingerprint density at radius 3 is 2.68 bits per heavy atom. The predicted octanol–water partition coefficient (Wildman–Crippen LogP) is 4.66. The second kappa shape index (κ2) is 13.5. The summed E-state index contributed by atoms with van der Waals surface area (Å²) in [7, 11) is 0. The van der Waals surface area contributed by atoms with E-state index in [0.29, 0.717) is 41.5 Å². The molecule has 3 unspecified atom stereocenters. The number of imidazole rings is 1. The Labute approximate surface area is 260 Å². The number of aromatic nitrogens is 2. The summed E-state index contributed by atoms with van der Waals surface area (Å²) in [5.41, 5.74) is 3.40. The van der Waals surface area contributed by atoms with Crippen molar-refractivity contribution in [3.05, 3.63) is 47.5 Å². The van der Waals surface area contributed by atoms with E-state index in [9.17, 15) is 25.2 Å². The zero-order chi connectivity index (χ0) is 30.8. The van der Waals surface area contributed by atoms with Gasteiger partial charge < -0.3 is 35.5 Å². The van der Waals surface area contributed by atoms with E-state index in [1.807, 2.05) is 12.1 Å². The molecule has 9 nitrogen and oxygen atoms in total. The van der Waals surface area contributed by atoms with Gasteiger partial charge in [0.2, 0.25) is 5.91 Å². The molecule has 6 N–H and O–H groups in total. The second-order valence-corrected chi connectivity index (χ2v) is 14.3. The van der Waals surface area contributed by atoms with Crippen molar-refractivity contribution < 1.29 is 30.0 Å². The normalized spacial score (nSPS) is 36.0. The molecule has 3 aliphatic carbocycles. The zero-order valence-electron chi connectivity index (χ0n) is 26.0. The van der Waals surface area contributed by atoms with Gasteiger partial charge in [-0.15, -0.1) is 0 Å². The predicted molar refractivity (Wildman–Crippen MR) is 166 cm³/mol. The van der Waals surface area contributed by atoms with Crippen LogP contribution in [0.4, 0.5) is 0 Å². The summed E-state index contributed by atoms with van der Waals surface area (Å²) in [4.78, 5) is 19.2. The number of phenols is 1. The number of fused-ring (bicyclic) bond motifs is 5. The lowest BCUT2D eigenvalue weighted by molar-refractivity contribution is -0.122. The highest BCUT2D eigenvalue weighted by Crippen LogP contribution is 2.62. The lowest BCUT2D eigenvalue weighted by atomic mass is 9.55. The second-order valence-electron chi connectivity index (χ2n) is 14.3. The molecule has 44 heavy (non-hydrogen) atoms. The first-order valence-electron chi connectivity index (χ1n) is 17.0. The van der Waals surface area contributed by atoms with Crippen molar-refractivity contribution in [2.75, 3.05) is 6.54 Å². The number of H-pyrrole nitrogens is 1. The van der Waals surface area contributed by atoms with Crippen molar-refractivity contribution in [3.8, 4) is 5.75 Å². The van der Waals surface area contributed by atoms with E-state index in [1.165, 1.54) is 23.9 Å². The zero-order valence-corrected chi connectivity index (χ0v) is 26.0. The SMILES string of the molecule is C[C@]12CCC3c4ccc(O)cc4CCC3C1C[C@H](CCCCCCCCC(=O)NC[C@H]1O[C@@H](c3cnc[nH]3)[C@H](O)[C@@H]1O)[C@@H]2O. The fraction of sp³-hybridized carbons (Fsp3) is 0.714. The maximum Gasteiger partial charge on any atom is 0.220 e. The maximum atomic E-state index is 12.3. The van der Waals surface area contributed by atoms with Gasteiger partial charge >= 0.3 is 0 Å². The van der Waals surface area contributed by atoms with Gasteiger partial charge in [0.05, 0.1) is 24.3 Å². The highest BCUT2D eigenvalue weighted by Gasteiger charge is 2.57. The molecule has 1 aromatic heterocycles. The first-order valence-corrected chi connectivity index (χ1v) is 17.0. The van der Waals surface area contributed by atoms with Crippen molar-refractivity contribution in [3.63, 3.8) is 0 Å². The van der Waals surface area contributed by atoms with Crippen LogP contribution in [0.5, 0.6) is 5.75 Å². The van der Waals surface area contributed by atoms with Crippen LogP contribution in [0.15, 0.2) is 30.7 Å². The molecule has 0 bridgehead atoms. The van der Waals surface area contributed by atoms with Crippen LogP contribution in [0.1, 0.15) is 113 Å². The van der Waals surface area contributed by atoms with Crippen LogP contribution in [0.2, 0.25) is 0 Å². The number of ether oxygens (including phenoxy) is 1. The Kier molecular flexibility index (Phi) is 9.66. The minimum atomic E-state index is -1.07. The summed E-state index contributed by atoms with van der Waals surface area (Å²) < 4.78 is 5.77. The number of nitrogens with one attached hydrogen (secondary N) is 2. The van der Waals surface area contributed by atoms with Crippen LogP contribution in [0, 0.1) is 23.2 Å². The lowest BCUT2D eigenvalue weighted by Crippen LogP contribution is -2.44. The lowest BCUT2D eigenvalue weighted by Gasteiger charge is -2.50. The number of carbonyl (C=O) groups excluding carboxylic acids is 1. The van der Waals surface area contributed by atoms with Crippen LogP contribution in [-0.2, 0) is 16.0 Å². The molecule has 1 aliphatic heterocycles. The van der Waals surface area contributed by atoms with Gasteiger partial charge in [0, 0.05) is 13.0 Å². The van der Waals surface area contributed by atoms with Gasteiger partial charge in [-0.25, -0.2) is 4.98 Å². The van der Waals surface area contributed by atoms with Gasteiger partial charge in [-0.1, -0.05) is 45.1 Å². The molecular formula is C35H51N3O6. The monoisotopic (exact) mass is 609 g/mol. The molecule has 242 valence electrons. The van der Waals surface area contributed by atoms with Crippen LogP contribution in [0.25, 0.3) is 0 Å². The molecule has 3 fully saturated rings.